The summed E-state index contributed by atoms with van der Waals surface area (Å²) in [5.74, 6) is -1.58. The van der Waals surface area contributed by atoms with Crippen LogP contribution in [0.3, 0.4) is 0 Å². The van der Waals surface area contributed by atoms with Crippen molar-refractivity contribution in [3.05, 3.63) is 159 Å². The summed E-state index contributed by atoms with van der Waals surface area (Å²) in [5.41, 5.74) is 2.38. The smallest absolute Gasteiger partial charge is 0.295 e. The summed E-state index contributed by atoms with van der Waals surface area (Å²) in [6.45, 7) is 3.56. The van der Waals surface area contributed by atoms with Crippen LogP contribution in [-0.4, -0.2) is 34.1 Å². The lowest BCUT2D eigenvalue weighted by Gasteiger charge is -2.30. The number of para-hydroxylation sites is 2. The van der Waals surface area contributed by atoms with Gasteiger partial charge in [0, 0.05) is 34.4 Å². The Labute approximate surface area is 248 Å². The fourth-order valence-corrected chi connectivity index (χ4v) is 6.78. The molecule has 10 heteroatoms. The van der Waals surface area contributed by atoms with Crippen LogP contribution in [0, 0.1) is 19.8 Å². The number of hydrogen-bond donors (Lipinski definition) is 2. The molecule has 0 saturated carbocycles. The maximum atomic E-state index is 14.2. The highest BCUT2D eigenvalue weighted by Gasteiger charge is 2.40. The Hall–Kier alpha value is -4.93. The van der Waals surface area contributed by atoms with Crippen molar-refractivity contribution in [3.63, 3.8) is 0 Å². The predicted octanol–water partition coefficient (Wildman–Crippen LogP) is 4.91. The number of aryl methyl sites for hydroxylation is 2. The molecule has 0 radical (unpaired) electrons. The largest absolute Gasteiger partial charge is 0.297 e. The number of nitrogens with zero attached hydrogens (tertiary/aromatic N) is 2. The number of hydrogen-bond acceptors (Lipinski definition) is 5. The fraction of sp³-hybridized carbons (Fsp3) is 0.152. The highest BCUT2D eigenvalue weighted by Crippen LogP contribution is 2.38. The Morgan fingerprint density at radius 2 is 1.12 bits per heavy atom. The van der Waals surface area contributed by atoms with Crippen molar-refractivity contribution in [1.29, 1.82) is 0 Å². The Bertz CT molecular complexity index is 1940. The molecule has 2 aromatic heterocycles. The number of aromatic nitrogens is 4. The quantitative estimate of drug-likeness (QED) is 0.248. The molecule has 6 rings (SSSR count). The lowest BCUT2D eigenvalue weighted by Crippen LogP contribution is -2.35. The minimum atomic E-state index is -4.17. The first-order valence-electron chi connectivity index (χ1n) is 13.8. The van der Waals surface area contributed by atoms with Crippen LogP contribution < -0.4 is 11.1 Å². The highest BCUT2D eigenvalue weighted by atomic mass is 32.2. The number of aromatic amines is 2. The molecule has 0 bridgehead atoms. The molecule has 0 amide bonds. The van der Waals surface area contributed by atoms with Gasteiger partial charge in [-0.05, 0) is 50.2 Å². The molecule has 1 aliphatic carbocycles. The molecule has 3 aromatic carbocycles. The van der Waals surface area contributed by atoms with Gasteiger partial charge in [-0.25, -0.2) is 9.36 Å². The lowest BCUT2D eigenvalue weighted by atomic mass is 9.76. The van der Waals surface area contributed by atoms with Crippen molar-refractivity contribution < 1.29 is 12.6 Å². The van der Waals surface area contributed by atoms with E-state index in [9.17, 15) is 18.0 Å². The third kappa shape index (κ3) is 5.26. The third-order valence-electron chi connectivity index (χ3n) is 7.66. The van der Waals surface area contributed by atoms with Crippen LogP contribution in [0.1, 0.15) is 28.4 Å². The second kappa shape index (κ2) is 11.4. The average molecular weight is 595 g/mol. The summed E-state index contributed by atoms with van der Waals surface area (Å²) in [6, 6.07) is 26.2. The molecule has 1 aliphatic rings. The van der Waals surface area contributed by atoms with E-state index in [4.69, 9.17) is 4.18 Å². The number of benzene rings is 3. The minimum absolute atomic E-state index is 0.0155. The first-order valence-corrected chi connectivity index (χ1v) is 15.2. The van der Waals surface area contributed by atoms with Crippen molar-refractivity contribution in [2.45, 2.75) is 30.8 Å². The molecule has 5 aromatic rings. The number of H-pyrrole nitrogens is 2. The topological polar surface area (TPSA) is 119 Å². The zero-order valence-electron chi connectivity index (χ0n) is 23.5. The predicted molar refractivity (Wildman–Crippen MR) is 164 cm³/mol. The number of nitrogens with one attached hydrogen (secondary N) is 2. The van der Waals surface area contributed by atoms with Crippen molar-refractivity contribution in [2.24, 2.45) is 5.92 Å². The molecule has 0 unspecified atom stereocenters. The number of rotatable bonds is 8. The second-order valence-corrected chi connectivity index (χ2v) is 12.0. The zero-order chi connectivity index (χ0) is 30.1. The molecule has 2 N–H and O–H groups in total. The van der Waals surface area contributed by atoms with E-state index >= 15 is 0 Å². The molecule has 9 nitrogen and oxygen atoms in total. The molecule has 218 valence electrons. The van der Waals surface area contributed by atoms with E-state index in [0.717, 1.165) is 0 Å². The van der Waals surface area contributed by atoms with Crippen LogP contribution in [0.5, 0.6) is 0 Å². The van der Waals surface area contributed by atoms with Crippen LogP contribution in [0.4, 0.5) is 0 Å². The van der Waals surface area contributed by atoms with Crippen LogP contribution in [-0.2, 0) is 14.3 Å². The van der Waals surface area contributed by atoms with Gasteiger partial charge in [0.1, 0.15) is 6.10 Å². The Kier molecular flexibility index (Phi) is 7.47. The zero-order valence-corrected chi connectivity index (χ0v) is 24.4. The van der Waals surface area contributed by atoms with E-state index in [1.807, 2.05) is 60.7 Å². The second-order valence-electron chi connectivity index (χ2n) is 10.4. The maximum Gasteiger partial charge on any atom is 0.297 e. The molecule has 2 atom stereocenters. The third-order valence-corrected chi connectivity index (χ3v) is 8.99. The van der Waals surface area contributed by atoms with Crippen LogP contribution in [0.15, 0.2) is 130 Å². The normalized spacial score (nSPS) is 16.6. The standard InChI is InChI=1S/C33H30N4O5S/c1-22-29(32(38)36(34-22)24-14-6-3-7-15-24)31(30-23(2)35-37(33(30)39)25-16-8-4-9-17-25)27-20-12-13-21-28(27)42-43(40,41)26-18-10-5-11-19-26/h3-21,27-28,31,34-35H,1-2H3/t27-,28-/m1/s1. The summed E-state index contributed by atoms with van der Waals surface area (Å²) in [5, 5.41) is 6.34. The molecular weight excluding hydrogens is 564 g/mol. The van der Waals surface area contributed by atoms with Gasteiger partial charge >= 0.3 is 0 Å². The van der Waals surface area contributed by atoms with E-state index in [0.29, 0.717) is 33.9 Å². The minimum Gasteiger partial charge on any atom is -0.295 e. The molecule has 2 heterocycles. The Morgan fingerprint density at radius 3 is 1.60 bits per heavy atom. The van der Waals surface area contributed by atoms with Gasteiger partial charge in [0.15, 0.2) is 0 Å². The van der Waals surface area contributed by atoms with E-state index in [1.165, 1.54) is 21.5 Å². The molecule has 0 saturated heterocycles. The fourth-order valence-electron chi connectivity index (χ4n) is 5.69. The van der Waals surface area contributed by atoms with E-state index < -0.39 is 28.1 Å². The van der Waals surface area contributed by atoms with Crippen LogP contribution in [0.25, 0.3) is 11.4 Å². The summed E-state index contributed by atoms with van der Waals surface area (Å²) in [7, 11) is -4.17. The van der Waals surface area contributed by atoms with Gasteiger partial charge in [-0.1, -0.05) is 78.9 Å². The number of allylic oxidation sites excluding steroid dienone is 2. The molecule has 43 heavy (non-hydrogen) atoms. The van der Waals surface area contributed by atoms with Crippen molar-refractivity contribution >= 4 is 10.1 Å². The van der Waals surface area contributed by atoms with E-state index in [2.05, 4.69) is 10.2 Å². The molecule has 0 spiro atoms. The van der Waals surface area contributed by atoms with Crippen LogP contribution in [0.2, 0.25) is 0 Å². The summed E-state index contributed by atoms with van der Waals surface area (Å²) >= 11 is 0. The van der Waals surface area contributed by atoms with Gasteiger partial charge < -0.3 is 0 Å². The summed E-state index contributed by atoms with van der Waals surface area (Å²) in [6.07, 6.45) is 5.93. The van der Waals surface area contributed by atoms with Gasteiger partial charge in [-0.15, -0.1) is 0 Å². The van der Waals surface area contributed by atoms with E-state index in [1.54, 1.807) is 56.4 Å². The van der Waals surface area contributed by atoms with Crippen LogP contribution >= 0.6 is 0 Å². The first-order chi connectivity index (χ1) is 20.8. The van der Waals surface area contributed by atoms with Gasteiger partial charge in [-0.3, -0.25) is 24.0 Å². The average Bonchev–Trinajstić information content (AvgIpc) is 3.49. The highest BCUT2D eigenvalue weighted by molar-refractivity contribution is 7.86. The van der Waals surface area contributed by atoms with Gasteiger partial charge in [0.05, 0.1) is 16.3 Å². The maximum absolute atomic E-state index is 14.2. The van der Waals surface area contributed by atoms with Crippen molar-refractivity contribution in [3.8, 4) is 11.4 Å². The van der Waals surface area contributed by atoms with Gasteiger partial charge in [-0.2, -0.15) is 8.42 Å². The van der Waals surface area contributed by atoms with Gasteiger partial charge in [0.2, 0.25) is 0 Å². The molecule has 0 aliphatic heterocycles. The first kappa shape index (κ1) is 28.2. The summed E-state index contributed by atoms with van der Waals surface area (Å²) in [4.78, 5) is 28.4. The lowest BCUT2D eigenvalue weighted by molar-refractivity contribution is 0.197. The van der Waals surface area contributed by atoms with Crippen molar-refractivity contribution in [2.75, 3.05) is 0 Å². The SMILES string of the molecule is Cc1[nH]n(-c2ccccc2)c(=O)c1C(c1c(C)[nH]n(-c2ccccc2)c1=O)[C@@H]1C=CC=C[C@H]1OS(=O)(=O)c1ccccc1. The Morgan fingerprint density at radius 1 is 0.674 bits per heavy atom. The molecule has 0 fully saturated rings. The van der Waals surface area contributed by atoms with Crippen molar-refractivity contribution in [1.82, 2.24) is 19.6 Å². The Balaban J connectivity index is 1.54. The van der Waals surface area contributed by atoms with Gasteiger partial charge in [0.25, 0.3) is 21.2 Å². The summed E-state index contributed by atoms with van der Waals surface area (Å²) < 4.78 is 35.4. The molecular formula is C33H30N4O5S. The van der Waals surface area contributed by atoms with E-state index in [-0.39, 0.29) is 16.0 Å². The monoisotopic (exact) mass is 594 g/mol.